The average molecular weight is 317 g/mol. The zero-order valence-electron chi connectivity index (χ0n) is 13.0. The summed E-state index contributed by atoms with van der Waals surface area (Å²) in [5, 5.41) is 5.58. The molecule has 0 bridgehead atoms. The average Bonchev–Trinajstić information content (AvgIpc) is 2.43. The second-order valence-corrected chi connectivity index (χ2v) is 4.87. The van der Waals surface area contributed by atoms with Crippen LogP contribution in [0.5, 0.6) is 0 Å². The maximum absolute atomic E-state index is 12.1. The van der Waals surface area contributed by atoms with E-state index in [1.165, 1.54) is 0 Å². The van der Waals surface area contributed by atoms with Gasteiger partial charge < -0.3 is 15.5 Å². The largest absolute Gasteiger partial charge is 0.390 e. The highest BCUT2D eigenvalue weighted by Crippen LogP contribution is 2.18. The second kappa shape index (κ2) is 8.45. The number of alkyl halides is 3. The highest BCUT2D eigenvalue weighted by atomic mass is 19.4. The van der Waals surface area contributed by atoms with E-state index in [0.717, 1.165) is 11.5 Å². The summed E-state index contributed by atoms with van der Waals surface area (Å²) in [5.74, 6) is 1.16. The maximum atomic E-state index is 12.1. The Morgan fingerprint density at radius 2 is 2.00 bits per heavy atom. The van der Waals surface area contributed by atoms with Gasteiger partial charge in [0.25, 0.3) is 0 Å². The molecule has 0 amide bonds. The number of hydrogen-bond donors (Lipinski definition) is 2. The molecule has 0 radical (unpaired) electrons. The third-order valence-electron chi connectivity index (χ3n) is 2.69. The van der Waals surface area contributed by atoms with Crippen LogP contribution < -0.4 is 15.5 Å². The van der Waals surface area contributed by atoms with Crippen molar-refractivity contribution in [2.75, 3.05) is 32.1 Å². The third kappa shape index (κ3) is 7.14. The minimum atomic E-state index is -4.17. The van der Waals surface area contributed by atoms with Crippen LogP contribution in [0.4, 0.5) is 19.0 Å². The number of halogens is 3. The van der Waals surface area contributed by atoms with Gasteiger partial charge in [0.05, 0.1) is 18.7 Å². The summed E-state index contributed by atoms with van der Waals surface area (Å²) in [5.41, 5.74) is 0.749. The van der Waals surface area contributed by atoms with E-state index in [-0.39, 0.29) is 6.54 Å². The smallest absolute Gasteiger partial charge is 0.363 e. The first kappa shape index (κ1) is 18.1. The quantitative estimate of drug-likeness (QED) is 0.623. The predicted molar refractivity (Wildman–Crippen MR) is 82.1 cm³/mol. The van der Waals surface area contributed by atoms with Crippen molar-refractivity contribution in [3.8, 4) is 0 Å². The third-order valence-corrected chi connectivity index (χ3v) is 2.69. The summed E-state index contributed by atoms with van der Waals surface area (Å²) in [7, 11) is 3.77. The van der Waals surface area contributed by atoms with Gasteiger partial charge >= 0.3 is 6.18 Å². The topological polar surface area (TPSA) is 52.6 Å². The molecule has 124 valence electrons. The minimum Gasteiger partial charge on any atom is -0.363 e. The van der Waals surface area contributed by atoms with Gasteiger partial charge in [-0.1, -0.05) is 6.07 Å². The fraction of sp³-hybridized carbons (Fsp3) is 0.571. The van der Waals surface area contributed by atoms with E-state index >= 15 is 0 Å². The van der Waals surface area contributed by atoms with Crippen LogP contribution in [0.1, 0.15) is 19.0 Å². The van der Waals surface area contributed by atoms with E-state index < -0.39 is 12.6 Å². The summed E-state index contributed by atoms with van der Waals surface area (Å²) >= 11 is 0. The number of aliphatic imine (C=N–C) groups is 1. The number of hydrogen-bond acceptors (Lipinski definition) is 3. The van der Waals surface area contributed by atoms with Crippen molar-refractivity contribution in [2.24, 2.45) is 4.99 Å². The first-order valence-corrected chi connectivity index (χ1v) is 7.04. The summed E-state index contributed by atoms with van der Waals surface area (Å²) in [6, 6.07) is 5.58. The van der Waals surface area contributed by atoms with Crippen LogP contribution in [0.3, 0.4) is 0 Å². The number of rotatable bonds is 6. The monoisotopic (exact) mass is 317 g/mol. The molecule has 0 unspecified atom stereocenters. The second-order valence-electron chi connectivity index (χ2n) is 4.87. The van der Waals surface area contributed by atoms with E-state index in [9.17, 15) is 13.2 Å². The minimum absolute atomic E-state index is 0.208. The molecule has 0 atom stereocenters. The van der Waals surface area contributed by atoms with Crippen LogP contribution in [-0.2, 0) is 6.54 Å². The SMILES string of the molecule is CCNC(=NCc1cccc(N(C)C)n1)NCCC(F)(F)F. The molecule has 1 heterocycles. The van der Waals surface area contributed by atoms with Crippen LogP contribution >= 0.6 is 0 Å². The number of anilines is 1. The molecule has 1 rings (SSSR count). The lowest BCUT2D eigenvalue weighted by Crippen LogP contribution is -2.38. The highest BCUT2D eigenvalue weighted by molar-refractivity contribution is 5.79. The Hall–Kier alpha value is -1.99. The number of pyridine rings is 1. The Balaban J connectivity index is 2.63. The molecule has 0 saturated carbocycles. The fourth-order valence-electron chi connectivity index (χ4n) is 1.63. The summed E-state index contributed by atoms with van der Waals surface area (Å²) in [6.45, 7) is 2.51. The van der Waals surface area contributed by atoms with Crippen LogP contribution in [0, 0.1) is 0 Å². The number of guanidine groups is 1. The molecule has 0 spiro atoms. The zero-order chi connectivity index (χ0) is 16.6. The van der Waals surface area contributed by atoms with Gasteiger partial charge in [0.1, 0.15) is 5.82 Å². The van der Waals surface area contributed by atoms with Gasteiger partial charge in [-0.3, -0.25) is 0 Å². The van der Waals surface area contributed by atoms with Gasteiger partial charge in [-0.2, -0.15) is 13.2 Å². The number of nitrogens with one attached hydrogen (secondary N) is 2. The van der Waals surface area contributed by atoms with Crippen molar-refractivity contribution in [3.63, 3.8) is 0 Å². The van der Waals surface area contributed by atoms with Gasteiger partial charge in [-0.25, -0.2) is 9.98 Å². The molecular formula is C14H22F3N5. The van der Waals surface area contributed by atoms with Crippen molar-refractivity contribution in [3.05, 3.63) is 23.9 Å². The van der Waals surface area contributed by atoms with Crippen molar-refractivity contribution >= 4 is 11.8 Å². The Kier molecular flexibility index (Phi) is 6.94. The Bertz CT molecular complexity index is 486. The number of nitrogens with zero attached hydrogens (tertiary/aromatic N) is 3. The zero-order valence-corrected chi connectivity index (χ0v) is 13.0. The molecule has 0 saturated heterocycles. The molecule has 1 aromatic rings. The summed E-state index contributed by atoms with van der Waals surface area (Å²) < 4.78 is 36.4. The van der Waals surface area contributed by atoms with Gasteiger partial charge in [0, 0.05) is 27.2 Å². The molecule has 0 fully saturated rings. The van der Waals surface area contributed by atoms with Crippen molar-refractivity contribution < 1.29 is 13.2 Å². The normalized spacial score (nSPS) is 12.2. The van der Waals surface area contributed by atoms with Crippen molar-refractivity contribution in [1.29, 1.82) is 0 Å². The van der Waals surface area contributed by atoms with Gasteiger partial charge in [0.2, 0.25) is 0 Å². The van der Waals surface area contributed by atoms with E-state index in [4.69, 9.17) is 0 Å². The fourth-order valence-corrected chi connectivity index (χ4v) is 1.63. The first-order valence-electron chi connectivity index (χ1n) is 7.04. The molecule has 1 aromatic heterocycles. The molecule has 0 aromatic carbocycles. The van der Waals surface area contributed by atoms with Gasteiger partial charge in [-0.15, -0.1) is 0 Å². The molecule has 0 aliphatic heterocycles. The van der Waals surface area contributed by atoms with E-state index in [1.807, 2.05) is 44.1 Å². The lowest BCUT2D eigenvalue weighted by atomic mass is 10.3. The van der Waals surface area contributed by atoms with Gasteiger partial charge in [0.15, 0.2) is 5.96 Å². The Morgan fingerprint density at radius 1 is 1.27 bits per heavy atom. The molecule has 2 N–H and O–H groups in total. The Morgan fingerprint density at radius 3 is 2.59 bits per heavy atom. The van der Waals surface area contributed by atoms with Gasteiger partial charge in [-0.05, 0) is 19.1 Å². The van der Waals surface area contributed by atoms with Crippen molar-refractivity contribution in [1.82, 2.24) is 15.6 Å². The lowest BCUT2D eigenvalue weighted by molar-refractivity contribution is -0.132. The van der Waals surface area contributed by atoms with E-state index in [0.29, 0.717) is 19.0 Å². The van der Waals surface area contributed by atoms with Crippen LogP contribution in [-0.4, -0.2) is 44.3 Å². The number of aromatic nitrogens is 1. The molecule has 22 heavy (non-hydrogen) atoms. The molecule has 0 aliphatic carbocycles. The molecule has 5 nitrogen and oxygen atoms in total. The predicted octanol–water partition coefficient (Wildman–Crippen LogP) is 2.16. The molecule has 8 heteroatoms. The summed E-state index contributed by atoms with van der Waals surface area (Å²) in [6.07, 6.45) is -5.07. The summed E-state index contributed by atoms with van der Waals surface area (Å²) in [4.78, 5) is 10.5. The molecule has 0 aliphatic rings. The van der Waals surface area contributed by atoms with E-state index in [2.05, 4.69) is 20.6 Å². The van der Waals surface area contributed by atoms with Crippen molar-refractivity contribution in [2.45, 2.75) is 26.1 Å². The standard InChI is InChI=1S/C14H22F3N5/c1-4-18-13(19-9-8-14(15,16)17)20-10-11-6-5-7-12(21-11)22(2)3/h5-7H,4,8-10H2,1-3H3,(H2,18,19,20). The van der Waals surface area contributed by atoms with Crippen LogP contribution in [0.2, 0.25) is 0 Å². The molecular weight excluding hydrogens is 295 g/mol. The highest BCUT2D eigenvalue weighted by Gasteiger charge is 2.26. The van der Waals surface area contributed by atoms with Crippen LogP contribution in [0.25, 0.3) is 0 Å². The van der Waals surface area contributed by atoms with E-state index in [1.54, 1.807) is 0 Å². The Labute approximate surface area is 128 Å². The van der Waals surface area contributed by atoms with Crippen LogP contribution in [0.15, 0.2) is 23.2 Å². The lowest BCUT2D eigenvalue weighted by Gasteiger charge is -2.13. The first-order chi connectivity index (χ1) is 10.3. The maximum Gasteiger partial charge on any atom is 0.390 e.